The number of nitrogen functional groups attached to an aromatic ring is 1. The molecule has 1 fully saturated rings. The van der Waals surface area contributed by atoms with Gasteiger partial charge in [0.1, 0.15) is 24.4 Å². The minimum Gasteiger partial charge on any atom is -0.394 e. The van der Waals surface area contributed by atoms with Gasteiger partial charge in [-0.1, -0.05) is 12.2 Å². The quantitative estimate of drug-likeness (QED) is 0.231. The number of hydrogen-bond acceptors (Lipinski definition) is 10. The van der Waals surface area contributed by atoms with Crippen LogP contribution in [0.15, 0.2) is 23.1 Å². The molecule has 4 rings (SSSR count). The molecule has 2 aromatic rings. The smallest absolute Gasteiger partial charge is 0.262 e. The predicted octanol–water partition coefficient (Wildman–Crippen LogP) is -3.33. The number of H-pyrrole nitrogens is 1. The number of hydrogen-bond donors (Lipinski definition) is 8. The molecule has 1 aliphatic heterocycles. The number of aliphatic hydroxyl groups excluding tert-OH is 5. The number of anilines is 1. The van der Waals surface area contributed by atoms with Gasteiger partial charge in [-0.05, 0) is 5.56 Å². The van der Waals surface area contributed by atoms with Gasteiger partial charge in [-0.15, -0.1) is 0 Å². The standard InChI is InChI=1S/C17H23N5O7/c18-17-20-14-10(15(28)21-17)6(3-19-7-1-2-8(24)11(7)25)4-22(14)16-13(27)12(26)9(5-23)29-16/h1-2,4,7-9,11-13,16,19,23-27H,3,5H2,(H3,18,20,21,28)/t7?,8?,9-,11?,12+,13?,16-/m1/s1. The van der Waals surface area contributed by atoms with Crippen molar-refractivity contribution in [2.24, 2.45) is 0 Å². The average Bonchev–Trinajstić information content (AvgIpc) is 3.29. The van der Waals surface area contributed by atoms with Crippen LogP contribution in [0.1, 0.15) is 11.8 Å². The Kier molecular flexibility index (Phi) is 5.16. The molecular weight excluding hydrogens is 386 g/mol. The Morgan fingerprint density at radius 3 is 2.59 bits per heavy atom. The Balaban J connectivity index is 1.71. The zero-order chi connectivity index (χ0) is 20.9. The number of nitrogens with one attached hydrogen (secondary N) is 2. The summed E-state index contributed by atoms with van der Waals surface area (Å²) in [4.78, 5) is 19.1. The molecule has 29 heavy (non-hydrogen) atoms. The van der Waals surface area contributed by atoms with E-state index in [2.05, 4.69) is 15.3 Å². The van der Waals surface area contributed by atoms with Gasteiger partial charge in [0.25, 0.3) is 5.56 Å². The van der Waals surface area contributed by atoms with E-state index in [4.69, 9.17) is 10.5 Å². The predicted molar refractivity (Wildman–Crippen MR) is 99.6 cm³/mol. The molecule has 0 bridgehead atoms. The third kappa shape index (κ3) is 3.34. The summed E-state index contributed by atoms with van der Waals surface area (Å²) < 4.78 is 6.93. The molecule has 12 heteroatoms. The molecule has 9 N–H and O–H groups in total. The summed E-state index contributed by atoms with van der Waals surface area (Å²) in [6.07, 6.45) is -2.13. The summed E-state index contributed by atoms with van der Waals surface area (Å²) in [6, 6.07) is -0.516. The molecule has 2 aromatic heterocycles. The van der Waals surface area contributed by atoms with Crippen LogP contribution in [0.5, 0.6) is 0 Å². The van der Waals surface area contributed by atoms with Crippen molar-refractivity contribution in [3.8, 4) is 0 Å². The first kappa shape index (κ1) is 20.0. The number of ether oxygens (including phenoxy) is 1. The van der Waals surface area contributed by atoms with Crippen molar-refractivity contribution in [2.75, 3.05) is 12.3 Å². The summed E-state index contributed by atoms with van der Waals surface area (Å²) in [5.41, 5.74) is 5.78. The Labute approximate surface area is 163 Å². The van der Waals surface area contributed by atoms with Crippen molar-refractivity contribution in [3.05, 3.63) is 34.3 Å². The van der Waals surface area contributed by atoms with Gasteiger partial charge in [0.15, 0.2) is 11.9 Å². The molecule has 0 radical (unpaired) electrons. The van der Waals surface area contributed by atoms with E-state index < -0.39 is 55.0 Å². The van der Waals surface area contributed by atoms with Gasteiger partial charge >= 0.3 is 0 Å². The third-order valence-electron chi connectivity index (χ3n) is 5.33. The lowest BCUT2D eigenvalue weighted by molar-refractivity contribution is -0.0509. The second-order valence-corrected chi connectivity index (χ2v) is 7.21. The van der Waals surface area contributed by atoms with Crippen LogP contribution in [0.4, 0.5) is 5.95 Å². The molecule has 1 saturated heterocycles. The summed E-state index contributed by atoms with van der Waals surface area (Å²) in [5, 5.41) is 52.5. The van der Waals surface area contributed by atoms with Crippen LogP contribution in [0.3, 0.4) is 0 Å². The number of nitrogens with two attached hydrogens (primary N) is 1. The molecule has 0 saturated carbocycles. The number of fused-ring (bicyclic) bond motifs is 1. The highest BCUT2D eigenvalue weighted by atomic mass is 16.6. The van der Waals surface area contributed by atoms with Gasteiger partial charge in [0.2, 0.25) is 5.95 Å². The molecule has 2 aliphatic rings. The van der Waals surface area contributed by atoms with Gasteiger partial charge < -0.3 is 45.9 Å². The second-order valence-electron chi connectivity index (χ2n) is 7.21. The first-order chi connectivity index (χ1) is 13.8. The average molecular weight is 409 g/mol. The molecule has 0 amide bonds. The minimum atomic E-state index is -1.36. The Hall–Kier alpha value is -2.32. The first-order valence-electron chi connectivity index (χ1n) is 9.11. The highest BCUT2D eigenvalue weighted by molar-refractivity contribution is 5.80. The normalized spacial score (nSPS) is 34.4. The van der Waals surface area contributed by atoms with Crippen molar-refractivity contribution < 1.29 is 30.3 Å². The van der Waals surface area contributed by atoms with Crippen LogP contribution in [-0.4, -0.2) is 83.2 Å². The lowest BCUT2D eigenvalue weighted by atomic mass is 10.1. The zero-order valence-corrected chi connectivity index (χ0v) is 15.2. The van der Waals surface area contributed by atoms with E-state index in [0.717, 1.165) is 0 Å². The number of aliphatic hydroxyl groups is 5. The highest BCUT2D eigenvalue weighted by Crippen LogP contribution is 2.32. The Morgan fingerprint density at radius 1 is 1.21 bits per heavy atom. The van der Waals surface area contributed by atoms with Gasteiger partial charge in [0.05, 0.1) is 24.1 Å². The van der Waals surface area contributed by atoms with Crippen LogP contribution in [0.2, 0.25) is 0 Å². The van der Waals surface area contributed by atoms with Crippen LogP contribution in [-0.2, 0) is 11.3 Å². The van der Waals surface area contributed by atoms with E-state index in [-0.39, 0.29) is 23.5 Å². The summed E-state index contributed by atoms with van der Waals surface area (Å²) in [7, 11) is 0. The fraction of sp³-hybridized carbons (Fsp3) is 0.529. The van der Waals surface area contributed by atoms with Crippen molar-refractivity contribution in [3.63, 3.8) is 0 Å². The molecule has 3 heterocycles. The van der Waals surface area contributed by atoms with E-state index in [1.54, 1.807) is 6.08 Å². The highest BCUT2D eigenvalue weighted by Gasteiger charge is 2.44. The summed E-state index contributed by atoms with van der Waals surface area (Å²) >= 11 is 0. The van der Waals surface area contributed by atoms with Crippen molar-refractivity contribution in [2.45, 2.75) is 49.3 Å². The SMILES string of the molecule is Nc1nc2c(c(CNC3C=CC(O)C3O)cn2[C@@H]2O[C@H](CO)[C@H](O)C2O)c(=O)[nH]1. The largest absolute Gasteiger partial charge is 0.394 e. The molecule has 4 unspecified atom stereocenters. The molecule has 12 nitrogen and oxygen atoms in total. The molecule has 0 spiro atoms. The lowest BCUT2D eigenvalue weighted by Crippen LogP contribution is -2.40. The van der Waals surface area contributed by atoms with E-state index in [0.29, 0.717) is 5.56 Å². The minimum absolute atomic E-state index is 0.131. The van der Waals surface area contributed by atoms with Crippen molar-refractivity contribution in [1.82, 2.24) is 19.9 Å². The van der Waals surface area contributed by atoms with Gasteiger partial charge in [-0.25, -0.2) is 0 Å². The van der Waals surface area contributed by atoms with Crippen molar-refractivity contribution in [1.29, 1.82) is 0 Å². The molecular formula is C17H23N5O7. The second kappa shape index (κ2) is 7.50. The molecule has 158 valence electrons. The number of aromatic nitrogens is 3. The van der Waals surface area contributed by atoms with Gasteiger partial charge in [-0.3, -0.25) is 9.78 Å². The van der Waals surface area contributed by atoms with Gasteiger partial charge in [0, 0.05) is 12.7 Å². The lowest BCUT2D eigenvalue weighted by Gasteiger charge is -2.18. The summed E-state index contributed by atoms with van der Waals surface area (Å²) in [5.74, 6) is -0.134. The monoisotopic (exact) mass is 409 g/mol. The maximum Gasteiger partial charge on any atom is 0.262 e. The topological polar surface area (TPSA) is 199 Å². The summed E-state index contributed by atoms with van der Waals surface area (Å²) in [6.45, 7) is -0.363. The van der Waals surface area contributed by atoms with Crippen molar-refractivity contribution >= 4 is 17.0 Å². The van der Waals surface area contributed by atoms with Gasteiger partial charge in [-0.2, -0.15) is 4.98 Å². The number of rotatable bonds is 5. The molecule has 7 atom stereocenters. The fourth-order valence-corrected chi connectivity index (χ4v) is 3.78. The van der Waals surface area contributed by atoms with E-state index in [1.807, 2.05) is 0 Å². The maximum atomic E-state index is 12.5. The van der Waals surface area contributed by atoms with Crippen LogP contribution in [0, 0.1) is 0 Å². The Morgan fingerprint density at radius 2 is 1.97 bits per heavy atom. The van der Waals surface area contributed by atoms with E-state index >= 15 is 0 Å². The number of nitrogens with zero attached hydrogens (tertiary/aromatic N) is 2. The first-order valence-corrected chi connectivity index (χ1v) is 9.11. The molecule has 1 aliphatic carbocycles. The molecule has 0 aromatic carbocycles. The number of aromatic amines is 1. The third-order valence-corrected chi connectivity index (χ3v) is 5.33. The van der Waals surface area contributed by atoms with Crippen LogP contribution >= 0.6 is 0 Å². The van der Waals surface area contributed by atoms with E-state index in [1.165, 1.54) is 16.8 Å². The van der Waals surface area contributed by atoms with E-state index in [9.17, 15) is 30.3 Å². The Bertz CT molecular complexity index is 988. The van der Waals surface area contributed by atoms with Crippen LogP contribution in [0.25, 0.3) is 11.0 Å². The van der Waals surface area contributed by atoms with Crippen LogP contribution < -0.4 is 16.6 Å². The fourth-order valence-electron chi connectivity index (χ4n) is 3.78. The zero-order valence-electron chi connectivity index (χ0n) is 15.2. The maximum absolute atomic E-state index is 12.5.